The zero-order chi connectivity index (χ0) is 14.0. The summed E-state index contributed by atoms with van der Waals surface area (Å²) in [5, 5.41) is 0.370. The van der Waals surface area contributed by atoms with Crippen LogP contribution in [0.25, 0.3) is 0 Å². The van der Waals surface area contributed by atoms with Crippen LogP contribution in [-0.2, 0) is 5.41 Å². The van der Waals surface area contributed by atoms with E-state index in [1.165, 1.54) is 11.9 Å². The van der Waals surface area contributed by atoms with Gasteiger partial charge in [0.05, 0.1) is 0 Å². The van der Waals surface area contributed by atoms with Crippen molar-refractivity contribution in [1.82, 2.24) is 9.97 Å². The van der Waals surface area contributed by atoms with Crippen LogP contribution in [0.1, 0.15) is 31.9 Å². The first-order chi connectivity index (χ1) is 8.86. The van der Waals surface area contributed by atoms with Crippen LogP contribution in [-0.4, -0.2) is 9.97 Å². The predicted molar refractivity (Wildman–Crippen MR) is 77.0 cm³/mol. The molecule has 3 nitrogen and oxygen atoms in total. The van der Waals surface area contributed by atoms with Gasteiger partial charge in [-0.3, -0.25) is 0 Å². The van der Waals surface area contributed by atoms with Crippen molar-refractivity contribution in [1.29, 1.82) is 0 Å². The minimum Gasteiger partial charge on any atom is -0.439 e. The molecule has 1 aromatic carbocycles. The first-order valence-electron chi connectivity index (χ1n) is 6.13. The summed E-state index contributed by atoms with van der Waals surface area (Å²) in [4.78, 5) is 7.90. The minimum absolute atomic E-state index is 0.00181. The molecule has 0 saturated carbocycles. The second-order valence-electron chi connectivity index (χ2n) is 5.53. The second kappa shape index (κ2) is 5.17. The number of halogens is 1. The van der Waals surface area contributed by atoms with Gasteiger partial charge in [0.15, 0.2) is 0 Å². The molecule has 0 fully saturated rings. The number of benzene rings is 1. The zero-order valence-electron chi connectivity index (χ0n) is 11.6. The topological polar surface area (TPSA) is 35.0 Å². The third-order valence-corrected chi connectivity index (χ3v) is 2.97. The zero-order valence-corrected chi connectivity index (χ0v) is 12.3. The molecule has 0 aliphatic rings. The van der Waals surface area contributed by atoms with Gasteiger partial charge in [-0.05, 0) is 18.4 Å². The van der Waals surface area contributed by atoms with Crippen LogP contribution in [0.3, 0.4) is 0 Å². The molecule has 0 spiro atoms. The molecule has 0 aliphatic heterocycles. The van der Waals surface area contributed by atoms with Gasteiger partial charge in [-0.15, -0.1) is 0 Å². The Labute approximate surface area is 118 Å². The summed E-state index contributed by atoms with van der Waals surface area (Å²) in [5.41, 5.74) is 2.35. The monoisotopic (exact) mass is 276 g/mol. The van der Waals surface area contributed by atoms with Crippen molar-refractivity contribution in [3.63, 3.8) is 0 Å². The Hall–Kier alpha value is -1.61. The molecule has 1 aromatic heterocycles. The van der Waals surface area contributed by atoms with E-state index in [9.17, 15) is 0 Å². The van der Waals surface area contributed by atoms with Gasteiger partial charge in [0.1, 0.15) is 17.2 Å². The number of hydrogen-bond acceptors (Lipinski definition) is 3. The van der Waals surface area contributed by atoms with E-state index in [2.05, 4.69) is 43.7 Å². The summed E-state index contributed by atoms with van der Waals surface area (Å²) >= 11 is 5.83. The SMILES string of the molecule is Cc1ccc(Oc2cc(Cl)ncn2)c(C(C)(C)C)c1. The molecule has 2 rings (SSSR count). The van der Waals surface area contributed by atoms with Crippen molar-refractivity contribution < 1.29 is 4.74 Å². The Kier molecular flexibility index (Phi) is 3.76. The summed E-state index contributed by atoms with van der Waals surface area (Å²) in [5.74, 6) is 1.25. The standard InChI is InChI=1S/C15H17ClN2O/c1-10-5-6-12(11(7-10)15(2,3)4)19-14-8-13(16)17-9-18-14/h5-9H,1-4H3. The highest BCUT2D eigenvalue weighted by molar-refractivity contribution is 6.29. The van der Waals surface area contributed by atoms with Crippen molar-refractivity contribution >= 4 is 11.6 Å². The van der Waals surface area contributed by atoms with Gasteiger partial charge in [-0.1, -0.05) is 50.1 Å². The van der Waals surface area contributed by atoms with E-state index in [0.717, 1.165) is 11.3 Å². The largest absolute Gasteiger partial charge is 0.439 e. The summed E-state index contributed by atoms with van der Waals surface area (Å²) in [6.45, 7) is 8.53. The Balaban J connectivity index is 2.40. The fourth-order valence-corrected chi connectivity index (χ4v) is 1.94. The molecule has 2 aromatic rings. The van der Waals surface area contributed by atoms with Crippen LogP contribution in [0.5, 0.6) is 11.6 Å². The van der Waals surface area contributed by atoms with Gasteiger partial charge < -0.3 is 4.74 Å². The summed E-state index contributed by atoms with van der Waals surface area (Å²) < 4.78 is 5.84. The predicted octanol–water partition coefficient (Wildman–Crippen LogP) is 4.53. The Morgan fingerprint density at radius 1 is 1.11 bits per heavy atom. The summed E-state index contributed by atoms with van der Waals surface area (Å²) in [7, 11) is 0. The molecular weight excluding hydrogens is 260 g/mol. The molecule has 4 heteroatoms. The van der Waals surface area contributed by atoms with Gasteiger partial charge in [0.2, 0.25) is 5.88 Å². The smallest absolute Gasteiger partial charge is 0.223 e. The van der Waals surface area contributed by atoms with E-state index in [1.54, 1.807) is 6.07 Å². The van der Waals surface area contributed by atoms with Gasteiger partial charge in [0.25, 0.3) is 0 Å². The van der Waals surface area contributed by atoms with Crippen LogP contribution in [0, 0.1) is 6.92 Å². The number of ether oxygens (including phenoxy) is 1. The lowest BCUT2D eigenvalue weighted by Gasteiger charge is -2.23. The maximum Gasteiger partial charge on any atom is 0.223 e. The summed E-state index contributed by atoms with van der Waals surface area (Å²) in [6, 6.07) is 7.73. The molecule has 0 atom stereocenters. The molecule has 19 heavy (non-hydrogen) atoms. The fourth-order valence-electron chi connectivity index (χ4n) is 1.80. The number of aryl methyl sites for hydroxylation is 1. The highest BCUT2D eigenvalue weighted by Crippen LogP contribution is 2.34. The lowest BCUT2D eigenvalue weighted by molar-refractivity contribution is 0.438. The molecule has 0 bridgehead atoms. The van der Waals surface area contributed by atoms with Crippen LogP contribution in [0.15, 0.2) is 30.6 Å². The Morgan fingerprint density at radius 3 is 2.47 bits per heavy atom. The number of hydrogen-bond donors (Lipinski definition) is 0. The number of aromatic nitrogens is 2. The molecule has 0 aliphatic carbocycles. The Bertz CT molecular complexity index is 591. The third kappa shape index (κ3) is 3.44. The van der Waals surface area contributed by atoms with Gasteiger partial charge in [0, 0.05) is 11.6 Å². The average Bonchev–Trinajstić information content (AvgIpc) is 2.30. The van der Waals surface area contributed by atoms with E-state index in [-0.39, 0.29) is 5.41 Å². The quantitative estimate of drug-likeness (QED) is 0.756. The Morgan fingerprint density at radius 2 is 1.84 bits per heavy atom. The van der Waals surface area contributed by atoms with Crippen molar-refractivity contribution in [3.05, 3.63) is 46.9 Å². The molecule has 0 radical (unpaired) electrons. The lowest BCUT2D eigenvalue weighted by Crippen LogP contribution is -2.13. The van der Waals surface area contributed by atoms with Crippen molar-refractivity contribution in [2.45, 2.75) is 33.1 Å². The second-order valence-corrected chi connectivity index (χ2v) is 5.92. The van der Waals surface area contributed by atoms with Crippen molar-refractivity contribution in [2.75, 3.05) is 0 Å². The third-order valence-electron chi connectivity index (χ3n) is 2.77. The first kappa shape index (κ1) is 13.8. The van der Waals surface area contributed by atoms with E-state index in [4.69, 9.17) is 16.3 Å². The van der Waals surface area contributed by atoms with Crippen LogP contribution in [0.4, 0.5) is 0 Å². The minimum atomic E-state index is -0.00181. The molecule has 0 amide bonds. The van der Waals surface area contributed by atoms with Crippen LogP contribution in [0.2, 0.25) is 5.15 Å². The molecule has 0 N–H and O–H groups in total. The lowest BCUT2D eigenvalue weighted by atomic mass is 9.85. The van der Waals surface area contributed by atoms with Crippen molar-refractivity contribution in [3.8, 4) is 11.6 Å². The van der Waals surface area contributed by atoms with Crippen molar-refractivity contribution in [2.24, 2.45) is 0 Å². The van der Waals surface area contributed by atoms with Crippen LogP contribution >= 0.6 is 11.6 Å². The number of nitrogens with zero attached hydrogens (tertiary/aromatic N) is 2. The molecule has 0 unspecified atom stereocenters. The van der Waals surface area contributed by atoms with E-state index in [1.807, 2.05) is 12.1 Å². The maximum atomic E-state index is 5.84. The highest BCUT2D eigenvalue weighted by Gasteiger charge is 2.19. The molecular formula is C15H17ClN2O. The molecule has 1 heterocycles. The first-order valence-corrected chi connectivity index (χ1v) is 6.50. The van der Waals surface area contributed by atoms with Crippen LogP contribution < -0.4 is 4.74 Å². The van der Waals surface area contributed by atoms with E-state index >= 15 is 0 Å². The fraction of sp³-hybridized carbons (Fsp3) is 0.333. The number of rotatable bonds is 2. The van der Waals surface area contributed by atoms with E-state index in [0.29, 0.717) is 11.0 Å². The van der Waals surface area contributed by atoms with Gasteiger partial charge in [-0.2, -0.15) is 0 Å². The molecule has 0 saturated heterocycles. The maximum absolute atomic E-state index is 5.84. The highest BCUT2D eigenvalue weighted by atomic mass is 35.5. The van der Waals surface area contributed by atoms with Gasteiger partial charge in [-0.25, -0.2) is 9.97 Å². The summed E-state index contributed by atoms with van der Waals surface area (Å²) in [6.07, 6.45) is 1.39. The molecule has 100 valence electrons. The average molecular weight is 277 g/mol. The normalized spacial score (nSPS) is 11.4. The van der Waals surface area contributed by atoms with E-state index < -0.39 is 0 Å². The van der Waals surface area contributed by atoms with Gasteiger partial charge >= 0.3 is 0 Å².